The zero-order chi connectivity index (χ0) is 33.8. The Labute approximate surface area is 287 Å². The van der Waals surface area contributed by atoms with E-state index in [0.29, 0.717) is 27.8 Å². The van der Waals surface area contributed by atoms with Crippen LogP contribution >= 0.6 is 0 Å². The van der Waals surface area contributed by atoms with Crippen LogP contribution in [-0.4, -0.2) is 9.13 Å². The fraction of sp³-hybridized carbons (Fsp3) is 0. The second-order valence-corrected chi connectivity index (χ2v) is 12.3. The predicted molar refractivity (Wildman–Crippen MR) is 200 cm³/mol. The smallest absolute Gasteiger partial charge is 0.100 e. The lowest BCUT2D eigenvalue weighted by molar-refractivity contribution is 1.18. The van der Waals surface area contributed by atoms with E-state index in [1.807, 2.05) is 97.1 Å². The molecule has 9 aromatic rings. The zero-order valence-electron chi connectivity index (χ0n) is 26.7. The van der Waals surface area contributed by atoms with Gasteiger partial charge in [0.05, 0.1) is 56.6 Å². The van der Waals surface area contributed by atoms with Gasteiger partial charge in [0.2, 0.25) is 0 Å². The lowest BCUT2D eigenvalue weighted by Gasteiger charge is -2.17. The third-order valence-electron chi connectivity index (χ3n) is 9.63. The molecule has 0 aliphatic carbocycles. The first-order valence-corrected chi connectivity index (χ1v) is 16.3. The van der Waals surface area contributed by atoms with E-state index in [1.165, 1.54) is 0 Å². The third-order valence-corrected chi connectivity index (χ3v) is 9.63. The van der Waals surface area contributed by atoms with Crippen LogP contribution < -0.4 is 0 Å². The topological polar surface area (TPSA) is 81.2 Å². The van der Waals surface area contributed by atoms with Crippen LogP contribution in [0.15, 0.2) is 152 Å². The van der Waals surface area contributed by atoms with Crippen molar-refractivity contribution in [2.24, 2.45) is 0 Å². The van der Waals surface area contributed by atoms with Crippen molar-refractivity contribution >= 4 is 43.6 Å². The first-order chi connectivity index (χ1) is 24.7. The highest BCUT2D eigenvalue weighted by Crippen LogP contribution is 2.40. The summed E-state index contributed by atoms with van der Waals surface area (Å²) in [6, 6.07) is 57.7. The van der Waals surface area contributed by atoms with Crippen LogP contribution in [0, 0.1) is 34.0 Å². The van der Waals surface area contributed by atoms with E-state index < -0.39 is 0 Å². The second-order valence-electron chi connectivity index (χ2n) is 12.3. The Morgan fingerprint density at radius 1 is 0.380 bits per heavy atom. The maximum atomic E-state index is 10.8. The first kappa shape index (κ1) is 28.8. The largest absolute Gasteiger partial charge is 0.309 e. The predicted octanol–water partition coefficient (Wildman–Crippen LogP) is 10.8. The minimum Gasteiger partial charge on any atom is -0.309 e. The molecule has 0 atom stereocenters. The van der Waals surface area contributed by atoms with Crippen LogP contribution in [0.25, 0.3) is 77.2 Å². The molecule has 7 aromatic carbocycles. The number of hydrogen-bond acceptors (Lipinski definition) is 3. The molecule has 0 bridgehead atoms. The van der Waals surface area contributed by atoms with Gasteiger partial charge in [-0.05, 0) is 72.3 Å². The highest BCUT2D eigenvalue weighted by Gasteiger charge is 2.20. The molecule has 50 heavy (non-hydrogen) atoms. The fourth-order valence-corrected chi connectivity index (χ4v) is 7.46. The van der Waals surface area contributed by atoms with Crippen molar-refractivity contribution in [2.45, 2.75) is 0 Å². The van der Waals surface area contributed by atoms with E-state index in [9.17, 15) is 15.8 Å². The molecule has 5 heteroatoms. The van der Waals surface area contributed by atoms with Gasteiger partial charge in [-0.2, -0.15) is 15.8 Å². The Hall–Kier alpha value is -7.39. The number of aromatic nitrogens is 2. The molecule has 5 nitrogen and oxygen atoms in total. The number of nitriles is 3. The average molecular weight is 636 g/mol. The molecule has 0 amide bonds. The summed E-state index contributed by atoms with van der Waals surface area (Å²) in [5.74, 6) is 0. The maximum Gasteiger partial charge on any atom is 0.100 e. The molecule has 230 valence electrons. The molecule has 0 saturated heterocycles. The van der Waals surface area contributed by atoms with E-state index in [0.717, 1.165) is 66.1 Å². The molecule has 0 fully saturated rings. The number of benzene rings is 7. The van der Waals surface area contributed by atoms with Gasteiger partial charge >= 0.3 is 0 Å². The van der Waals surface area contributed by atoms with Crippen LogP contribution in [0.4, 0.5) is 0 Å². The van der Waals surface area contributed by atoms with Crippen LogP contribution in [0.5, 0.6) is 0 Å². The maximum absolute atomic E-state index is 10.8. The SMILES string of the molecule is N#Cc1cc(-c2ccc(-n3c4ccccc4c4cc(C#N)ccc43)cc2)c(C#N)c(-c2ccccc2-n2c3ccccc3c3ccccc32)c1. The molecule has 0 unspecified atom stereocenters. The van der Waals surface area contributed by atoms with E-state index in [2.05, 4.69) is 81.9 Å². The molecule has 2 aromatic heterocycles. The van der Waals surface area contributed by atoms with Gasteiger partial charge in [-0.25, -0.2) is 0 Å². The van der Waals surface area contributed by atoms with E-state index in [-0.39, 0.29) is 0 Å². The van der Waals surface area contributed by atoms with Gasteiger partial charge in [0.25, 0.3) is 0 Å². The standard InChI is InChI=1S/C45H25N5/c46-26-29-17-22-45-39(23-29)36-12-4-5-13-41(36)49(45)32-20-18-31(19-21-32)37-24-30(27-47)25-38(40(37)28-48)35-11-3-8-16-44(35)50-42-14-6-1-9-33(42)34-10-2-7-15-43(34)50/h1-25H. The number of para-hydroxylation sites is 4. The van der Waals surface area contributed by atoms with Crippen molar-refractivity contribution in [1.29, 1.82) is 15.8 Å². The second kappa shape index (κ2) is 11.4. The molecule has 9 rings (SSSR count). The van der Waals surface area contributed by atoms with E-state index in [1.54, 1.807) is 0 Å². The van der Waals surface area contributed by atoms with Crippen molar-refractivity contribution < 1.29 is 0 Å². The summed E-state index contributed by atoms with van der Waals surface area (Å²) < 4.78 is 4.44. The van der Waals surface area contributed by atoms with Gasteiger partial charge in [-0.1, -0.05) is 84.9 Å². The number of hydrogen-bond donors (Lipinski definition) is 0. The highest BCUT2D eigenvalue weighted by molar-refractivity contribution is 6.11. The zero-order valence-corrected chi connectivity index (χ0v) is 26.7. The average Bonchev–Trinajstić information content (AvgIpc) is 3.70. The summed E-state index contributed by atoms with van der Waals surface area (Å²) in [6.45, 7) is 0. The summed E-state index contributed by atoms with van der Waals surface area (Å²) in [4.78, 5) is 0. The minimum atomic E-state index is 0.478. The quantitative estimate of drug-likeness (QED) is 0.193. The van der Waals surface area contributed by atoms with Gasteiger partial charge in [0.1, 0.15) is 6.07 Å². The van der Waals surface area contributed by atoms with Crippen LogP contribution in [-0.2, 0) is 0 Å². The Kier molecular flexibility index (Phi) is 6.56. The Morgan fingerprint density at radius 3 is 1.56 bits per heavy atom. The monoisotopic (exact) mass is 635 g/mol. The van der Waals surface area contributed by atoms with Crippen molar-refractivity contribution in [2.75, 3.05) is 0 Å². The molecular weight excluding hydrogens is 611 g/mol. The van der Waals surface area contributed by atoms with Crippen molar-refractivity contribution in [3.05, 3.63) is 168 Å². The van der Waals surface area contributed by atoms with Crippen LogP contribution in [0.1, 0.15) is 16.7 Å². The van der Waals surface area contributed by atoms with Gasteiger partial charge in [0, 0.05) is 43.9 Å². The third kappa shape index (κ3) is 4.31. The van der Waals surface area contributed by atoms with Gasteiger partial charge in [-0.3, -0.25) is 0 Å². The van der Waals surface area contributed by atoms with E-state index >= 15 is 0 Å². The molecule has 0 aliphatic rings. The summed E-state index contributed by atoms with van der Waals surface area (Å²) in [7, 11) is 0. The van der Waals surface area contributed by atoms with E-state index in [4.69, 9.17) is 0 Å². The van der Waals surface area contributed by atoms with Crippen LogP contribution in [0.3, 0.4) is 0 Å². The Bertz CT molecular complexity index is 2900. The molecule has 2 heterocycles. The van der Waals surface area contributed by atoms with Crippen molar-refractivity contribution in [3.8, 4) is 51.8 Å². The molecule has 0 aliphatic heterocycles. The highest BCUT2D eigenvalue weighted by atomic mass is 15.0. The summed E-state index contributed by atoms with van der Waals surface area (Å²) >= 11 is 0. The molecule has 0 radical (unpaired) electrons. The lowest BCUT2D eigenvalue weighted by atomic mass is 9.89. The molecule has 0 spiro atoms. The van der Waals surface area contributed by atoms with Gasteiger partial charge < -0.3 is 9.13 Å². The lowest BCUT2D eigenvalue weighted by Crippen LogP contribution is -2.00. The van der Waals surface area contributed by atoms with Gasteiger partial charge in [0.15, 0.2) is 0 Å². The molecule has 0 saturated carbocycles. The summed E-state index contributed by atoms with van der Waals surface area (Å²) in [5, 5.41) is 34.9. The fourth-order valence-electron chi connectivity index (χ4n) is 7.46. The summed E-state index contributed by atoms with van der Waals surface area (Å²) in [5.41, 5.74) is 10.8. The summed E-state index contributed by atoms with van der Waals surface area (Å²) in [6.07, 6.45) is 0. The minimum absolute atomic E-state index is 0.478. The van der Waals surface area contributed by atoms with Crippen LogP contribution in [0.2, 0.25) is 0 Å². The molecule has 0 N–H and O–H groups in total. The number of fused-ring (bicyclic) bond motifs is 6. The Balaban J connectivity index is 1.23. The Morgan fingerprint density at radius 2 is 0.920 bits per heavy atom. The number of rotatable bonds is 4. The molecular formula is C45H25N5. The number of nitrogens with zero attached hydrogens (tertiary/aromatic N) is 5. The van der Waals surface area contributed by atoms with Crippen molar-refractivity contribution in [1.82, 2.24) is 9.13 Å². The normalized spacial score (nSPS) is 11.1. The van der Waals surface area contributed by atoms with Gasteiger partial charge in [-0.15, -0.1) is 0 Å². The van der Waals surface area contributed by atoms with Crippen molar-refractivity contribution in [3.63, 3.8) is 0 Å². The first-order valence-electron chi connectivity index (χ1n) is 16.3.